The zero-order chi connectivity index (χ0) is 15.2. The van der Waals surface area contributed by atoms with Gasteiger partial charge in [-0.2, -0.15) is 4.98 Å². The lowest BCUT2D eigenvalue weighted by Crippen LogP contribution is -2.28. The van der Waals surface area contributed by atoms with Gasteiger partial charge < -0.3 is 15.2 Å². The van der Waals surface area contributed by atoms with Crippen LogP contribution < -0.4 is 10.6 Å². The first-order valence-electron chi connectivity index (χ1n) is 6.79. The minimum absolute atomic E-state index is 0.165. The molecule has 0 atom stereocenters. The van der Waals surface area contributed by atoms with E-state index in [0.717, 1.165) is 11.3 Å². The summed E-state index contributed by atoms with van der Waals surface area (Å²) in [4.78, 5) is 16.0. The Hall–Kier alpha value is -3.15. The van der Waals surface area contributed by atoms with E-state index in [1.165, 1.54) is 0 Å². The van der Waals surface area contributed by atoms with Gasteiger partial charge in [-0.25, -0.2) is 4.79 Å². The average Bonchev–Trinajstić information content (AvgIpc) is 3.04. The summed E-state index contributed by atoms with van der Waals surface area (Å²) in [5.41, 5.74) is 1.58. The molecule has 1 aromatic heterocycles. The quantitative estimate of drug-likeness (QED) is 0.775. The second-order valence-electron chi connectivity index (χ2n) is 4.55. The van der Waals surface area contributed by atoms with Crippen LogP contribution in [0.3, 0.4) is 0 Å². The van der Waals surface area contributed by atoms with Crippen molar-refractivity contribution in [3.8, 4) is 11.4 Å². The van der Waals surface area contributed by atoms with E-state index in [1.54, 1.807) is 12.1 Å². The highest BCUT2D eigenvalue weighted by atomic mass is 16.5. The number of urea groups is 1. The molecule has 3 aromatic rings. The first-order valence-corrected chi connectivity index (χ1v) is 6.79. The lowest BCUT2D eigenvalue weighted by molar-refractivity contribution is 0.249. The topological polar surface area (TPSA) is 80.1 Å². The third-order valence-corrected chi connectivity index (χ3v) is 2.93. The number of para-hydroxylation sites is 1. The van der Waals surface area contributed by atoms with Crippen LogP contribution in [0.4, 0.5) is 10.5 Å². The first kappa shape index (κ1) is 13.8. The second-order valence-corrected chi connectivity index (χ2v) is 4.55. The van der Waals surface area contributed by atoms with Gasteiger partial charge in [-0.05, 0) is 12.1 Å². The number of hydrogen-bond acceptors (Lipinski definition) is 4. The summed E-state index contributed by atoms with van der Waals surface area (Å²) in [6, 6.07) is 18.4. The van der Waals surface area contributed by atoms with Gasteiger partial charge in [-0.1, -0.05) is 53.7 Å². The highest BCUT2D eigenvalue weighted by Gasteiger charge is 2.09. The van der Waals surface area contributed by atoms with E-state index in [1.807, 2.05) is 48.5 Å². The first-order chi connectivity index (χ1) is 10.8. The Morgan fingerprint density at radius 2 is 1.68 bits per heavy atom. The molecule has 6 heteroatoms. The molecule has 0 bridgehead atoms. The van der Waals surface area contributed by atoms with Gasteiger partial charge in [0.2, 0.25) is 11.7 Å². The minimum Gasteiger partial charge on any atom is -0.337 e. The number of rotatable bonds is 4. The number of carbonyl (C=O) groups is 1. The number of nitrogens with one attached hydrogen (secondary N) is 2. The lowest BCUT2D eigenvalue weighted by atomic mass is 10.2. The van der Waals surface area contributed by atoms with Crippen LogP contribution >= 0.6 is 0 Å². The van der Waals surface area contributed by atoms with Gasteiger partial charge in [0.05, 0.1) is 6.54 Å². The van der Waals surface area contributed by atoms with Crippen LogP contribution in [0.15, 0.2) is 65.2 Å². The Balaban J connectivity index is 1.56. The zero-order valence-electron chi connectivity index (χ0n) is 11.7. The highest BCUT2D eigenvalue weighted by molar-refractivity contribution is 5.89. The molecule has 0 aliphatic heterocycles. The fourth-order valence-electron chi connectivity index (χ4n) is 1.88. The van der Waals surface area contributed by atoms with Crippen molar-refractivity contribution >= 4 is 11.7 Å². The van der Waals surface area contributed by atoms with Crippen LogP contribution in [0.2, 0.25) is 0 Å². The largest absolute Gasteiger partial charge is 0.337 e. The number of nitrogens with zero attached hydrogens (tertiary/aromatic N) is 2. The summed E-state index contributed by atoms with van der Waals surface area (Å²) in [7, 11) is 0. The van der Waals surface area contributed by atoms with E-state index in [0.29, 0.717) is 11.7 Å². The maximum atomic E-state index is 11.8. The molecule has 0 unspecified atom stereocenters. The fourth-order valence-corrected chi connectivity index (χ4v) is 1.88. The van der Waals surface area contributed by atoms with Crippen molar-refractivity contribution in [1.82, 2.24) is 15.5 Å². The van der Waals surface area contributed by atoms with Gasteiger partial charge in [-0.3, -0.25) is 0 Å². The SMILES string of the molecule is O=C(NCc1nc(-c2ccccc2)no1)Nc1ccccc1. The number of anilines is 1. The Morgan fingerprint density at radius 1 is 1.00 bits per heavy atom. The van der Waals surface area contributed by atoms with Crippen LogP contribution in [0.25, 0.3) is 11.4 Å². The Kier molecular flexibility index (Phi) is 4.10. The summed E-state index contributed by atoms with van der Waals surface area (Å²) >= 11 is 0. The monoisotopic (exact) mass is 294 g/mol. The molecule has 2 N–H and O–H groups in total. The van der Waals surface area contributed by atoms with Crippen LogP contribution in [-0.4, -0.2) is 16.2 Å². The number of amides is 2. The van der Waals surface area contributed by atoms with E-state index < -0.39 is 0 Å². The maximum absolute atomic E-state index is 11.8. The highest BCUT2D eigenvalue weighted by Crippen LogP contribution is 2.14. The molecular weight excluding hydrogens is 280 g/mol. The Bertz CT molecular complexity index is 741. The number of aromatic nitrogens is 2. The summed E-state index contributed by atoms with van der Waals surface area (Å²) in [6.07, 6.45) is 0. The zero-order valence-corrected chi connectivity index (χ0v) is 11.7. The maximum Gasteiger partial charge on any atom is 0.319 e. The molecule has 0 saturated carbocycles. The van der Waals surface area contributed by atoms with Gasteiger partial charge in [-0.15, -0.1) is 0 Å². The average molecular weight is 294 g/mol. The Morgan fingerprint density at radius 3 is 2.41 bits per heavy atom. The van der Waals surface area contributed by atoms with Gasteiger partial charge in [0.25, 0.3) is 0 Å². The second kappa shape index (κ2) is 6.53. The molecule has 6 nitrogen and oxygen atoms in total. The number of benzene rings is 2. The van der Waals surface area contributed by atoms with Crippen molar-refractivity contribution in [1.29, 1.82) is 0 Å². The Labute approximate surface area is 127 Å². The van der Waals surface area contributed by atoms with Crippen molar-refractivity contribution in [2.24, 2.45) is 0 Å². The molecule has 0 fully saturated rings. The van der Waals surface area contributed by atoms with Crippen LogP contribution in [0, 0.1) is 0 Å². The van der Waals surface area contributed by atoms with Gasteiger partial charge in [0.15, 0.2) is 0 Å². The third-order valence-electron chi connectivity index (χ3n) is 2.93. The molecule has 2 amide bonds. The minimum atomic E-state index is -0.328. The molecule has 1 heterocycles. The standard InChI is InChI=1S/C16H14N4O2/c21-16(18-13-9-5-2-6-10-13)17-11-14-19-15(20-22-14)12-7-3-1-4-8-12/h1-10H,11H2,(H2,17,18,21). The van der Waals surface area contributed by atoms with Crippen LogP contribution in [0.1, 0.15) is 5.89 Å². The molecular formula is C16H14N4O2. The molecule has 0 aliphatic rings. The van der Waals surface area contributed by atoms with Crippen molar-refractivity contribution < 1.29 is 9.32 Å². The molecule has 3 rings (SSSR count). The third kappa shape index (κ3) is 3.49. The molecule has 2 aromatic carbocycles. The van der Waals surface area contributed by atoms with Crippen molar-refractivity contribution in [2.75, 3.05) is 5.32 Å². The molecule has 0 saturated heterocycles. The molecule has 110 valence electrons. The van der Waals surface area contributed by atoms with Gasteiger partial charge in [0.1, 0.15) is 0 Å². The van der Waals surface area contributed by atoms with Crippen molar-refractivity contribution in [3.05, 3.63) is 66.6 Å². The smallest absolute Gasteiger partial charge is 0.319 e. The van der Waals surface area contributed by atoms with E-state index in [9.17, 15) is 4.79 Å². The number of carbonyl (C=O) groups excluding carboxylic acids is 1. The molecule has 0 radical (unpaired) electrons. The molecule has 0 spiro atoms. The van der Waals surface area contributed by atoms with Crippen LogP contribution in [0.5, 0.6) is 0 Å². The van der Waals surface area contributed by atoms with Crippen molar-refractivity contribution in [2.45, 2.75) is 6.54 Å². The van der Waals surface area contributed by atoms with E-state index in [2.05, 4.69) is 20.8 Å². The summed E-state index contributed by atoms with van der Waals surface area (Å²) in [5, 5.41) is 9.27. The number of hydrogen-bond donors (Lipinski definition) is 2. The van der Waals surface area contributed by atoms with Gasteiger partial charge in [0, 0.05) is 11.3 Å². The van der Waals surface area contributed by atoms with Gasteiger partial charge >= 0.3 is 6.03 Å². The van der Waals surface area contributed by atoms with E-state index in [4.69, 9.17) is 4.52 Å². The van der Waals surface area contributed by atoms with E-state index >= 15 is 0 Å². The predicted molar refractivity (Wildman–Crippen MR) is 82.0 cm³/mol. The fraction of sp³-hybridized carbons (Fsp3) is 0.0625. The van der Waals surface area contributed by atoms with Crippen molar-refractivity contribution in [3.63, 3.8) is 0 Å². The van der Waals surface area contributed by atoms with Crippen LogP contribution in [-0.2, 0) is 6.54 Å². The normalized spacial score (nSPS) is 10.2. The molecule has 22 heavy (non-hydrogen) atoms. The predicted octanol–water partition coefficient (Wildman–Crippen LogP) is 3.06. The summed E-state index contributed by atoms with van der Waals surface area (Å²) in [5.74, 6) is 0.850. The van der Waals surface area contributed by atoms with E-state index in [-0.39, 0.29) is 12.6 Å². The summed E-state index contributed by atoms with van der Waals surface area (Å²) < 4.78 is 5.12. The lowest BCUT2D eigenvalue weighted by Gasteiger charge is -2.04. The summed E-state index contributed by atoms with van der Waals surface area (Å²) in [6.45, 7) is 0.165. The molecule has 0 aliphatic carbocycles.